The van der Waals surface area contributed by atoms with Crippen LogP contribution in [0.4, 0.5) is 0 Å². The lowest BCUT2D eigenvalue weighted by molar-refractivity contribution is -0.148. The highest BCUT2D eigenvalue weighted by Crippen LogP contribution is 2.18. The number of carbonyl (C=O) groups excluding carboxylic acids is 1. The van der Waals surface area contributed by atoms with Crippen molar-refractivity contribution in [2.45, 2.75) is 25.4 Å². The second kappa shape index (κ2) is 4.87. The van der Waals surface area contributed by atoms with Gasteiger partial charge in [0.05, 0.1) is 10.7 Å². The summed E-state index contributed by atoms with van der Waals surface area (Å²) in [6.45, 7) is 0.591. The Balaban J connectivity index is 2.02. The highest BCUT2D eigenvalue weighted by atomic mass is 79.9. The Kier molecular flexibility index (Phi) is 3.46. The number of likely N-dealkylation sites (tertiary alicyclic amines) is 1. The molecular formula is C10H12BrN3O3. The van der Waals surface area contributed by atoms with Crippen LogP contribution in [-0.4, -0.2) is 44.3 Å². The maximum absolute atomic E-state index is 11.9. The van der Waals surface area contributed by atoms with Gasteiger partial charge in [0.1, 0.15) is 12.6 Å². The predicted octanol–water partition coefficient (Wildman–Crippen LogP) is 0.721. The van der Waals surface area contributed by atoms with Crippen LogP contribution in [0, 0.1) is 0 Å². The maximum atomic E-state index is 11.9. The number of nitrogens with zero attached hydrogens (tertiary/aromatic N) is 3. The fourth-order valence-electron chi connectivity index (χ4n) is 1.98. The van der Waals surface area contributed by atoms with Crippen LogP contribution in [0.15, 0.2) is 16.9 Å². The van der Waals surface area contributed by atoms with Gasteiger partial charge in [0.25, 0.3) is 0 Å². The van der Waals surface area contributed by atoms with Crippen molar-refractivity contribution < 1.29 is 14.7 Å². The molecule has 1 amide bonds. The number of amides is 1. The number of hydrogen-bond donors (Lipinski definition) is 1. The van der Waals surface area contributed by atoms with Crippen LogP contribution in [0.2, 0.25) is 0 Å². The lowest BCUT2D eigenvalue weighted by atomic mass is 10.2. The van der Waals surface area contributed by atoms with E-state index in [1.165, 1.54) is 9.58 Å². The topological polar surface area (TPSA) is 75.4 Å². The fraction of sp³-hybridized carbons (Fsp3) is 0.500. The first-order valence-electron chi connectivity index (χ1n) is 5.28. The number of aliphatic carboxylic acids is 1. The molecule has 0 spiro atoms. The van der Waals surface area contributed by atoms with Crippen molar-refractivity contribution in [3.8, 4) is 0 Å². The number of carboxylic acid groups (broad SMARTS) is 1. The minimum Gasteiger partial charge on any atom is -0.480 e. The first-order valence-corrected chi connectivity index (χ1v) is 6.07. The van der Waals surface area contributed by atoms with E-state index >= 15 is 0 Å². The molecule has 0 aromatic carbocycles. The number of aromatic nitrogens is 2. The summed E-state index contributed by atoms with van der Waals surface area (Å²) in [7, 11) is 0. The molecule has 1 aromatic heterocycles. The molecule has 2 heterocycles. The molecule has 1 aliphatic rings. The third-order valence-electron chi connectivity index (χ3n) is 2.76. The average molecular weight is 302 g/mol. The summed E-state index contributed by atoms with van der Waals surface area (Å²) in [4.78, 5) is 24.3. The van der Waals surface area contributed by atoms with Crippen molar-refractivity contribution >= 4 is 27.8 Å². The van der Waals surface area contributed by atoms with Crippen molar-refractivity contribution in [3.05, 3.63) is 16.9 Å². The van der Waals surface area contributed by atoms with Crippen molar-refractivity contribution in [1.82, 2.24) is 14.7 Å². The van der Waals surface area contributed by atoms with Crippen LogP contribution in [0.3, 0.4) is 0 Å². The van der Waals surface area contributed by atoms with Gasteiger partial charge in [-0.25, -0.2) is 4.79 Å². The third kappa shape index (κ3) is 2.66. The Bertz CT molecular complexity index is 446. The normalized spacial score (nSPS) is 19.6. The van der Waals surface area contributed by atoms with E-state index in [4.69, 9.17) is 5.11 Å². The summed E-state index contributed by atoms with van der Waals surface area (Å²) >= 11 is 3.24. The molecule has 7 heteroatoms. The zero-order valence-electron chi connectivity index (χ0n) is 9.04. The van der Waals surface area contributed by atoms with E-state index in [9.17, 15) is 9.59 Å². The van der Waals surface area contributed by atoms with Gasteiger partial charge in [0, 0.05) is 12.7 Å². The van der Waals surface area contributed by atoms with E-state index in [1.807, 2.05) is 0 Å². The molecule has 6 nitrogen and oxygen atoms in total. The molecule has 1 aromatic rings. The Labute approximate surface area is 106 Å². The number of carbonyl (C=O) groups is 2. The Hall–Kier alpha value is -1.37. The Morgan fingerprint density at radius 1 is 1.59 bits per heavy atom. The van der Waals surface area contributed by atoms with Crippen molar-refractivity contribution in [2.24, 2.45) is 0 Å². The highest BCUT2D eigenvalue weighted by Gasteiger charge is 2.33. The second-order valence-corrected chi connectivity index (χ2v) is 4.86. The van der Waals surface area contributed by atoms with Gasteiger partial charge >= 0.3 is 5.97 Å². The van der Waals surface area contributed by atoms with Gasteiger partial charge in [-0.1, -0.05) is 0 Å². The summed E-state index contributed by atoms with van der Waals surface area (Å²) in [6.07, 6.45) is 4.55. The Morgan fingerprint density at radius 2 is 2.35 bits per heavy atom. The number of hydrogen-bond acceptors (Lipinski definition) is 3. The van der Waals surface area contributed by atoms with E-state index in [2.05, 4.69) is 21.0 Å². The van der Waals surface area contributed by atoms with Gasteiger partial charge in [-0.05, 0) is 28.8 Å². The molecule has 17 heavy (non-hydrogen) atoms. The van der Waals surface area contributed by atoms with E-state index in [0.29, 0.717) is 13.0 Å². The molecule has 0 saturated carbocycles. The van der Waals surface area contributed by atoms with Crippen LogP contribution >= 0.6 is 15.9 Å². The SMILES string of the molecule is O=C(O)[C@H]1CCCN1C(=O)Cn1cc(Br)cn1. The molecule has 2 rings (SSSR count). The summed E-state index contributed by atoms with van der Waals surface area (Å²) in [6, 6.07) is -0.679. The summed E-state index contributed by atoms with van der Waals surface area (Å²) < 4.78 is 2.28. The largest absolute Gasteiger partial charge is 0.480 e. The van der Waals surface area contributed by atoms with E-state index < -0.39 is 12.0 Å². The molecule has 0 radical (unpaired) electrons. The molecule has 1 fully saturated rings. The van der Waals surface area contributed by atoms with Gasteiger partial charge in [0.2, 0.25) is 5.91 Å². The number of halogens is 1. The van der Waals surface area contributed by atoms with Gasteiger partial charge < -0.3 is 10.0 Å². The lowest BCUT2D eigenvalue weighted by Crippen LogP contribution is -2.42. The molecule has 0 unspecified atom stereocenters. The van der Waals surface area contributed by atoms with Crippen molar-refractivity contribution in [1.29, 1.82) is 0 Å². The molecule has 0 aliphatic carbocycles. The lowest BCUT2D eigenvalue weighted by Gasteiger charge is -2.21. The highest BCUT2D eigenvalue weighted by molar-refractivity contribution is 9.10. The van der Waals surface area contributed by atoms with E-state index in [0.717, 1.165) is 10.9 Å². The smallest absolute Gasteiger partial charge is 0.326 e. The van der Waals surface area contributed by atoms with Crippen LogP contribution in [0.25, 0.3) is 0 Å². The first kappa shape index (κ1) is 12.1. The Morgan fingerprint density at radius 3 is 2.94 bits per heavy atom. The first-order chi connectivity index (χ1) is 8.08. The summed E-state index contributed by atoms with van der Waals surface area (Å²) in [5, 5.41) is 13.0. The van der Waals surface area contributed by atoms with Crippen molar-refractivity contribution in [3.63, 3.8) is 0 Å². The predicted molar refractivity (Wildman–Crippen MR) is 62.3 cm³/mol. The summed E-state index contributed by atoms with van der Waals surface area (Å²) in [5.41, 5.74) is 0. The molecular weight excluding hydrogens is 290 g/mol. The molecule has 1 saturated heterocycles. The second-order valence-electron chi connectivity index (χ2n) is 3.94. The zero-order chi connectivity index (χ0) is 12.4. The van der Waals surface area contributed by atoms with Gasteiger partial charge in [0.15, 0.2) is 0 Å². The molecule has 1 atom stereocenters. The molecule has 92 valence electrons. The monoisotopic (exact) mass is 301 g/mol. The molecule has 1 aliphatic heterocycles. The minimum atomic E-state index is -0.933. The van der Waals surface area contributed by atoms with Crippen molar-refractivity contribution in [2.75, 3.05) is 6.54 Å². The van der Waals surface area contributed by atoms with Gasteiger partial charge in [-0.2, -0.15) is 5.10 Å². The third-order valence-corrected chi connectivity index (χ3v) is 3.17. The maximum Gasteiger partial charge on any atom is 0.326 e. The van der Waals surface area contributed by atoms with E-state index in [-0.39, 0.29) is 12.5 Å². The molecule has 1 N–H and O–H groups in total. The zero-order valence-corrected chi connectivity index (χ0v) is 10.6. The minimum absolute atomic E-state index is 0.0787. The van der Waals surface area contributed by atoms with Crippen LogP contribution < -0.4 is 0 Å². The summed E-state index contributed by atoms with van der Waals surface area (Å²) in [5.74, 6) is -1.14. The van der Waals surface area contributed by atoms with Gasteiger partial charge in [-0.15, -0.1) is 0 Å². The standard InChI is InChI=1S/C10H12BrN3O3/c11-7-4-12-13(5-7)6-9(15)14-3-1-2-8(14)10(16)17/h4-5,8H,1-3,6H2,(H,16,17)/t8-/m1/s1. The number of carboxylic acids is 1. The average Bonchev–Trinajstić information content (AvgIpc) is 2.86. The van der Waals surface area contributed by atoms with E-state index in [1.54, 1.807) is 12.4 Å². The van der Waals surface area contributed by atoms with Crippen LogP contribution in [0.1, 0.15) is 12.8 Å². The van der Waals surface area contributed by atoms with Gasteiger partial charge in [-0.3, -0.25) is 9.48 Å². The van der Waals surface area contributed by atoms with Crippen LogP contribution in [-0.2, 0) is 16.1 Å². The molecule has 0 bridgehead atoms. The fourth-order valence-corrected chi connectivity index (χ4v) is 2.30. The quantitative estimate of drug-likeness (QED) is 0.893. The number of rotatable bonds is 3. The van der Waals surface area contributed by atoms with Crippen LogP contribution in [0.5, 0.6) is 0 Å².